The molecule has 0 amide bonds. The summed E-state index contributed by atoms with van der Waals surface area (Å²) in [6, 6.07) is 0. The van der Waals surface area contributed by atoms with Gasteiger partial charge < -0.3 is 0 Å². The van der Waals surface area contributed by atoms with Crippen LogP contribution in [0.1, 0.15) is 0 Å². The van der Waals surface area contributed by atoms with Gasteiger partial charge in [-0.1, -0.05) is 0 Å². The van der Waals surface area contributed by atoms with E-state index in [1.165, 1.54) is 0 Å². The van der Waals surface area contributed by atoms with Crippen LogP contribution < -0.4 is 0 Å². The molecule has 0 aliphatic rings. The Morgan fingerprint density at radius 1 is 1.00 bits per heavy atom. The van der Waals surface area contributed by atoms with Crippen LogP contribution in [0.3, 0.4) is 0 Å². The van der Waals surface area contributed by atoms with Crippen LogP contribution in [0.2, 0.25) is 0 Å². The molecule has 6 heteroatoms. The van der Waals surface area contributed by atoms with Crippen molar-refractivity contribution < 1.29 is 104 Å². The van der Waals surface area contributed by atoms with Crippen molar-refractivity contribution in [2.75, 3.05) is 0 Å². The summed E-state index contributed by atoms with van der Waals surface area (Å²) in [4.78, 5) is 0. The maximum atomic E-state index is 0. The second kappa shape index (κ2) is 35.3. The average molecular weight is 609 g/mol. The van der Waals surface area contributed by atoms with Crippen LogP contribution in [0, 0.1) is 36.9 Å². The molecule has 0 unspecified atom stereocenters. The zero-order valence-electron chi connectivity index (χ0n) is 2.37. The number of rotatable bonds is 0. The minimum absolute atomic E-state index is 0. The molecule has 0 nitrogen and oxygen atoms in total. The van der Waals surface area contributed by atoms with Gasteiger partial charge in [0.05, 0.1) is 0 Å². The van der Waals surface area contributed by atoms with Crippen LogP contribution in [0.15, 0.2) is 0 Å². The van der Waals surface area contributed by atoms with Crippen LogP contribution >= 0.6 is 0 Å². The summed E-state index contributed by atoms with van der Waals surface area (Å²) in [5.74, 6) is 0. The Morgan fingerprint density at radius 2 is 1.00 bits per heavy atom. The summed E-state index contributed by atoms with van der Waals surface area (Å²) < 4.78 is 0. The van der Waals surface area contributed by atoms with E-state index in [4.69, 9.17) is 0 Å². The fourth-order valence-corrected chi connectivity index (χ4v) is 0. The van der Waals surface area contributed by atoms with Gasteiger partial charge >= 0.3 is 26.2 Å². The van der Waals surface area contributed by atoms with Gasteiger partial charge in [-0.25, -0.2) is 0 Å². The summed E-state index contributed by atoms with van der Waals surface area (Å²) in [5.41, 5.74) is 0. The van der Waals surface area contributed by atoms with Crippen LogP contribution in [-0.4, -0.2) is 26.2 Å². The van der Waals surface area contributed by atoms with E-state index in [1.807, 2.05) is 0 Å². The van der Waals surface area contributed by atoms with E-state index >= 15 is 0 Å². The van der Waals surface area contributed by atoms with Gasteiger partial charge in [0.25, 0.3) is 0 Å². The van der Waals surface area contributed by atoms with E-state index < -0.39 is 0 Å². The molecule has 0 spiro atoms. The van der Waals surface area contributed by atoms with Gasteiger partial charge in [0.15, 0.2) is 0 Å². The minimum atomic E-state index is 0. The monoisotopic (exact) mass is 609 g/mol. The molecule has 0 aliphatic carbocycles. The summed E-state index contributed by atoms with van der Waals surface area (Å²) in [5, 5.41) is 0. The SMILES string of the molecule is [BiH3].[Co].[Fe].[Mn].[Ni].[Tm]. The standard InChI is InChI=1S/Bi.Co.Fe.Mn.Ni.Tm.3H. The molecule has 3 radical (unpaired) electrons. The van der Waals surface area contributed by atoms with E-state index in [0.717, 1.165) is 0 Å². The van der Waals surface area contributed by atoms with Crippen LogP contribution in [0.4, 0.5) is 0 Å². The molecule has 0 aliphatic heterocycles. The van der Waals surface area contributed by atoms with E-state index in [-0.39, 0.29) is 130 Å². The quantitative estimate of drug-likeness (QED) is 0.304. The van der Waals surface area contributed by atoms with Gasteiger partial charge in [-0.15, -0.1) is 0 Å². The Labute approximate surface area is 127 Å². The third kappa shape index (κ3) is 24.2. The molecule has 0 aromatic rings. The predicted molar refractivity (Wildman–Crippen MR) is 9.94 cm³/mol. The van der Waals surface area contributed by atoms with Crippen LogP contribution in [0.25, 0.3) is 0 Å². The van der Waals surface area contributed by atoms with Crippen molar-refractivity contribution >= 4 is 26.2 Å². The van der Waals surface area contributed by atoms with E-state index in [9.17, 15) is 0 Å². The molecule has 0 aromatic heterocycles. The van der Waals surface area contributed by atoms with Crippen molar-refractivity contribution in [1.29, 1.82) is 0 Å². The van der Waals surface area contributed by atoms with Crippen molar-refractivity contribution in [2.24, 2.45) is 0 Å². The molecule has 0 bridgehead atoms. The molecule has 0 atom stereocenters. The van der Waals surface area contributed by atoms with Crippen molar-refractivity contribution in [2.45, 2.75) is 0 Å². The molecule has 55 valence electrons. The number of hydrogen-bond donors (Lipinski definition) is 0. The van der Waals surface area contributed by atoms with Crippen LogP contribution in [-0.2, 0) is 67.4 Å². The van der Waals surface area contributed by atoms with E-state index in [0.29, 0.717) is 0 Å². The second-order valence-electron chi connectivity index (χ2n) is 0. The van der Waals surface area contributed by atoms with E-state index in [1.54, 1.807) is 0 Å². The molecule has 0 rings (SSSR count). The Bertz CT molecular complexity index is 15.5. The van der Waals surface area contributed by atoms with E-state index in [2.05, 4.69) is 0 Å². The van der Waals surface area contributed by atoms with Crippen molar-refractivity contribution in [1.82, 2.24) is 0 Å². The van der Waals surface area contributed by atoms with Crippen LogP contribution in [0.5, 0.6) is 0 Å². The fourth-order valence-electron chi connectivity index (χ4n) is 0. The zero-order valence-corrected chi connectivity index (χ0v) is 14.0. The second-order valence-corrected chi connectivity index (χ2v) is 0. The maximum absolute atomic E-state index is 0. The molecule has 0 saturated heterocycles. The van der Waals surface area contributed by atoms with Gasteiger partial charge in [-0.3, -0.25) is 0 Å². The number of hydrogen-bond acceptors (Lipinski definition) is 0. The minimum Gasteiger partial charge on any atom is 0 e. The van der Waals surface area contributed by atoms with Crippen molar-refractivity contribution in [3.8, 4) is 0 Å². The topological polar surface area (TPSA) is 0 Å². The average Bonchev–Trinajstić information content (AvgIpc) is 0. The molecular formula is H3BiCoFeMnNiTm. The Balaban J connectivity index is 0. The maximum Gasteiger partial charge on any atom is 0 e. The first-order chi connectivity index (χ1) is 0. The molecule has 0 N–H and O–H groups in total. The molecule has 0 aromatic carbocycles. The van der Waals surface area contributed by atoms with Gasteiger partial charge in [0, 0.05) is 104 Å². The zero-order chi connectivity index (χ0) is 0. The van der Waals surface area contributed by atoms with Gasteiger partial charge in [-0.05, 0) is 0 Å². The predicted octanol–water partition coefficient (Wildman–Crippen LogP) is -1.19. The molecule has 0 heterocycles. The Hall–Kier alpha value is 4.16. The molecule has 6 heavy (non-hydrogen) atoms. The molecule has 0 fully saturated rings. The Kier molecular flexibility index (Phi) is 290. The van der Waals surface area contributed by atoms with Gasteiger partial charge in [0.2, 0.25) is 0 Å². The van der Waals surface area contributed by atoms with Crippen molar-refractivity contribution in [3.63, 3.8) is 0 Å². The first-order valence-corrected chi connectivity index (χ1v) is 0. The molecular weight excluding hydrogens is 606 g/mol. The first kappa shape index (κ1) is 49.3. The smallest absolute Gasteiger partial charge is 0 e. The summed E-state index contributed by atoms with van der Waals surface area (Å²) in [6.07, 6.45) is 0. The third-order valence-electron chi connectivity index (χ3n) is 0. The fraction of sp³-hybridized carbons (Fsp3) is 0. The summed E-state index contributed by atoms with van der Waals surface area (Å²) >= 11 is 0. The third-order valence-corrected chi connectivity index (χ3v) is 0. The Morgan fingerprint density at radius 3 is 1.00 bits per heavy atom. The first-order valence-electron chi connectivity index (χ1n) is 0. The summed E-state index contributed by atoms with van der Waals surface area (Å²) in [7, 11) is 0. The summed E-state index contributed by atoms with van der Waals surface area (Å²) in [6.45, 7) is 0. The van der Waals surface area contributed by atoms with Crippen molar-refractivity contribution in [3.05, 3.63) is 0 Å². The van der Waals surface area contributed by atoms with Gasteiger partial charge in [-0.2, -0.15) is 0 Å². The van der Waals surface area contributed by atoms with Gasteiger partial charge in [0.1, 0.15) is 0 Å². The molecule has 0 saturated carbocycles. The largest absolute Gasteiger partial charge is 0 e. The normalized spacial score (nSPS) is 0.